The summed E-state index contributed by atoms with van der Waals surface area (Å²) in [5.41, 5.74) is 0.484. The van der Waals surface area contributed by atoms with Crippen LogP contribution in [0.5, 0.6) is 17.2 Å². The topological polar surface area (TPSA) is 69.7 Å². The predicted molar refractivity (Wildman–Crippen MR) is 96.8 cm³/mol. The lowest BCUT2D eigenvalue weighted by molar-refractivity contribution is 0.102. The van der Waals surface area contributed by atoms with Gasteiger partial charge in [0.1, 0.15) is 0 Å². The average molecular weight is 354 g/mol. The molecule has 136 valence electrons. The number of hydrogen-bond donors (Lipinski definition) is 1. The van der Waals surface area contributed by atoms with Crippen molar-refractivity contribution in [2.75, 3.05) is 18.7 Å². The van der Waals surface area contributed by atoms with E-state index in [1.807, 2.05) is 12.1 Å². The van der Waals surface area contributed by atoms with Gasteiger partial charge in [-0.3, -0.25) is 4.79 Å². The van der Waals surface area contributed by atoms with E-state index in [1.54, 1.807) is 24.4 Å². The van der Waals surface area contributed by atoms with Crippen LogP contribution in [0.25, 0.3) is 0 Å². The van der Waals surface area contributed by atoms with E-state index in [4.69, 9.17) is 14.2 Å². The Hall–Kier alpha value is -2.76. The van der Waals surface area contributed by atoms with Gasteiger partial charge in [0, 0.05) is 11.8 Å². The minimum Gasteiger partial charge on any atom is -0.489 e. The number of carbonyl (C=O) groups excluding carboxylic acids is 1. The van der Waals surface area contributed by atoms with Crippen LogP contribution in [0.1, 0.15) is 42.5 Å². The summed E-state index contributed by atoms with van der Waals surface area (Å²) in [4.78, 5) is 16.8. The van der Waals surface area contributed by atoms with Crippen molar-refractivity contribution >= 4 is 11.7 Å². The summed E-state index contributed by atoms with van der Waals surface area (Å²) in [7, 11) is 0. The van der Waals surface area contributed by atoms with Crippen molar-refractivity contribution in [1.82, 2.24) is 4.98 Å². The highest BCUT2D eigenvalue weighted by Crippen LogP contribution is 2.33. The third kappa shape index (κ3) is 3.74. The van der Waals surface area contributed by atoms with Gasteiger partial charge in [0.25, 0.3) is 5.91 Å². The zero-order chi connectivity index (χ0) is 17.8. The zero-order valence-corrected chi connectivity index (χ0v) is 14.6. The highest BCUT2D eigenvalue weighted by Gasteiger charge is 2.19. The summed E-state index contributed by atoms with van der Waals surface area (Å²) in [6.45, 7) is 0.846. The second-order valence-corrected chi connectivity index (χ2v) is 6.69. The number of ether oxygens (including phenoxy) is 3. The standard InChI is InChI=1S/C20H22N2O4/c23-20(15-8-9-16-18(11-15)26-13-25-16)22-19-17(7-4-10-21-19)24-12-14-5-2-1-3-6-14/h4,7-11,14H,1-3,5-6,12-13H2,(H,21,22,23). The lowest BCUT2D eigenvalue weighted by Gasteiger charge is -2.22. The monoisotopic (exact) mass is 354 g/mol. The molecule has 1 aromatic heterocycles. The fourth-order valence-corrected chi connectivity index (χ4v) is 3.38. The molecule has 4 rings (SSSR count). The van der Waals surface area contributed by atoms with Gasteiger partial charge in [-0.2, -0.15) is 0 Å². The molecule has 0 unspecified atom stereocenters. The normalized spacial score (nSPS) is 16.3. The van der Waals surface area contributed by atoms with Crippen LogP contribution >= 0.6 is 0 Å². The SMILES string of the molecule is O=C(Nc1ncccc1OCC1CCCCC1)c1ccc2c(c1)OCO2. The highest BCUT2D eigenvalue weighted by atomic mass is 16.7. The molecule has 2 aliphatic rings. The van der Waals surface area contributed by atoms with Gasteiger partial charge in [-0.05, 0) is 49.1 Å². The number of anilines is 1. The maximum absolute atomic E-state index is 12.6. The van der Waals surface area contributed by atoms with Crippen LogP contribution in [0.3, 0.4) is 0 Å². The maximum Gasteiger partial charge on any atom is 0.257 e. The van der Waals surface area contributed by atoms with Crippen LogP contribution in [-0.4, -0.2) is 24.3 Å². The first kappa shape index (κ1) is 16.7. The Kier molecular flexibility index (Phi) is 4.91. The number of carbonyl (C=O) groups is 1. The minimum absolute atomic E-state index is 0.180. The first-order valence-electron chi connectivity index (χ1n) is 9.08. The molecule has 0 spiro atoms. The van der Waals surface area contributed by atoms with Gasteiger partial charge in [0.15, 0.2) is 23.1 Å². The average Bonchev–Trinajstić information content (AvgIpc) is 3.16. The summed E-state index contributed by atoms with van der Waals surface area (Å²) in [6.07, 6.45) is 7.92. The lowest BCUT2D eigenvalue weighted by Crippen LogP contribution is -2.17. The first-order chi connectivity index (χ1) is 12.8. The Labute approximate surface area is 152 Å². The van der Waals surface area contributed by atoms with Crippen LogP contribution in [-0.2, 0) is 0 Å². The summed E-state index contributed by atoms with van der Waals surface area (Å²) < 4.78 is 16.6. The molecule has 1 fully saturated rings. The number of amides is 1. The van der Waals surface area contributed by atoms with Gasteiger partial charge in [-0.25, -0.2) is 4.98 Å². The molecule has 0 bridgehead atoms. The molecule has 0 atom stereocenters. The van der Waals surface area contributed by atoms with E-state index in [-0.39, 0.29) is 12.7 Å². The van der Waals surface area contributed by atoms with Gasteiger partial charge in [-0.1, -0.05) is 19.3 Å². The third-order valence-corrected chi connectivity index (χ3v) is 4.84. The van der Waals surface area contributed by atoms with E-state index in [2.05, 4.69) is 10.3 Å². The summed E-state index contributed by atoms with van der Waals surface area (Å²) in [5.74, 6) is 2.59. The van der Waals surface area contributed by atoms with E-state index >= 15 is 0 Å². The number of pyridine rings is 1. The van der Waals surface area contributed by atoms with E-state index < -0.39 is 0 Å². The van der Waals surface area contributed by atoms with Crippen LogP contribution in [0.4, 0.5) is 5.82 Å². The number of hydrogen-bond acceptors (Lipinski definition) is 5. The second kappa shape index (κ2) is 7.64. The van der Waals surface area contributed by atoms with Gasteiger partial charge in [0.2, 0.25) is 6.79 Å². The molecule has 1 amide bonds. The van der Waals surface area contributed by atoms with Crippen LogP contribution in [0.15, 0.2) is 36.5 Å². The molecule has 1 saturated carbocycles. The Morgan fingerprint density at radius 2 is 2.00 bits per heavy atom. The van der Waals surface area contributed by atoms with Crippen molar-refractivity contribution in [1.29, 1.82) is 0 Å². The molecule has 0 saturated heterocycles. The maximum atomic E-state index is 12.6. The smallest absolute Gasteiger partial charge is 0.257 e. The van der Waals surface area contributed by atoms with Crippen LogP contribution in [0.2, 0.25) is 0 Å². The molecule has 2 aromatic rings. The Morgan fingerprint density at radius 1 is 1.15 bits per heavy atom. The Bertz CT molecular complexity index is 787. The lowest BCUT2D eigenvalue weighted by atomic mass is 9.90. The van der Waals surface area contributed by atoms with E-state index in [0.717, 1.165) is 0 Å². The molecular weight excluding hydrogens is 332 g/mol. The number of fused-ring (bicyclic) bond motifs is 1. The van der Waals surface area contributed by atoms with Crippen molar-refractivity contribution in [2.24, 2.45) is 5.92 Å². The third-order valence-electron chi connectivity index (χ3n) is 4.84. The van der Waals surface area contributed by atoms with Crippen molar-refractivity contribution in [3.63, 3.8) is 0 Å². The van der Waals surface area contributed by atoms with Crippen molar-refractivity contribution in [3.8, 4) is 17.2 Å². The molecule has 6 nitrogen and oxygen atoms in total. The fourth-order valence-electron chi connectivity index (χ4n) is 3.38. The van der Waals surface area contributed by atoms with Crippen molar-refractivity contribution in [3.05, 3.63) is 42.1 Å². The second-order valence-electron chi connectivity index (χ2n) is 6.69. The predicted octanol–water partition coefficient (Wildman–Crippen LogP) is 4.02. The highest BCUT2D eigenvalue weighted by molar-refractivity contribution is 6.04. The van der Waals surface area contributed by atoms with Gasteiger partial charge >= 0.3 is 0 Å². The molecule has 6 heteroatoms. The quantitative estimate of drug-likeness (QED) is 0.878. The summed E-state index contributed by atoms with van der Waals surface area (Å²) >= 11 is 0. The van der Waals surface area contributed by atoms with Crippen molar-refractivity contribution in [2.45, 2.75) is 32.1 Å². The Balaban J connectivity index is 1.43. The fraction of sp³-hybridized carbons (Fsp3) is 0.400. The molecule has 1 N–H and O–H groups in total. The number of aromatic nitrogens is 1. The van der Waals surface area contributed by atoms with Gasteiger partial charge < -0.3 is 19.5 Å². The van der Waals surface area contributed by atoms with Gasteiger partial charge in [-0.15, -0.1) is 0 Å². The van der Waals surface area contributed by atoms with Gasteiger partial charge in [0.05, 0.1) is 6.61 Å². The summed E-state index contributed by atoms with van der Waals surface area (Å²) in [6, 6.07) is 8.76. The number of rotatable bonds is 5. The molecule has 0 radical (unpaired) electrons. The largest absolute Gasteiger partial charge is 0.489 e. The zero-order valence-electron chi connectivity index (χ0n) is 14.6. The molecule has 1 aliphatic heterocycles. The first-order valence-corrected chi connectivity index (χ1v) is 9.08. The van der Waals surface area contributed by atoms with Crippen LogP contribution in [0, 0.1) is 5.92 Å². The number of benzene rings is 1. The molecule has 1 aromatic carbocycles. The minimum atomic E-state index is -0.260. The summed E-state index contributed by atoms with van der Waals surface area (Å²) in [5, 5.41) is 2.83. The van der Waals surface area contributed by atoms with E-state index in [0.29, 0.717) is 41.2 Å². The molecule has 2 heterocycles. The molecule has 1 aliphatic carbocycles. The Morgan fingerprint density at radius 3 is 2.88 bits per heavy atom. The van der Waals surface area contributed by atoms with Crippen LogP contribution < -0.4 is 19.5 Å². The molecule has 26 heavy (non-hydrogen) atoms. The number of nitrogens with zero attached hydrogens (tertiary/aromatic N) is 1. The molecular formula is C20H22N2O4. The number of nitrogens with one attached hydrogen (secondary N) is 1. The van der Waals surface area contributed by atoms with Crippen molar-refractivity contribution < 1.29 is 19.0 Å². The van der Waals surface area contributed by atoms with E-state index in [1.165, 1.54) is 32.1 Å². The van der Waals surface area contributed by atoms with E-state index in [9.17, 15) is 4.79 Å².